The summed E-state index contributed by atoms with van der Waals surface area (Å²) in [5, 5.41) is 2.82. The highest BCUT2D eigenvalue weighted by Crippen LogP contribution is 2.29. The van der Waals surface area contributed by atoms with Crippen molar-refractivity contribution in [2.24, 2.45) is 5.92 Å². The van der Waals surface area contributed by atoms with Crippen LogP contribution in [0, 0.1) is 5.92 Å². The minimum absolute atomic E-state index is 0.168. The molecule has 1 aliphatic rings. The predicted octanol–water partition coefficient (Wildman–Crippen LogP) is 4.06. The molecule has 0 unspecified atom stereocenters. The van der Waals surface area contributed by atoms with E-state index in [0.29, 0.717) is 23.1 Å². The van der Waals surface area contributed by atoms with Crippen LogP contribution in [0.1, 0.15) is 29.1 Å². The molecule has 1 N–H and O–H groups in total. The lowest BCUT2D eigenvalue weighted by Crippen LogP contribution is -2.22. The van der Waals surface area contributed by atoms with Crippen LogP contribution >= 0.6 is 0 Å². The zero-order valence-electron chi connectivity index (χ0n) is 14.4. The summed E-state index contributed by atoms with van der Waals surface area (Å²) in [6.07, 6.45) is 4.18. The number of benzene rings is 2. The van der Waals surface area contributed by atoms with Crippen molar-refractivity contribution in [3.8, 4) is 17.1 Å². The zero-order valence-corrected chi connectivity index (χ0v) is 14.4. The predicted molar refractivity (Wildman–Crippen MR) is 97.8 cm³/mol. The molecule has 132 valence electrons. The molecular weight excluding hydrogens is 328 g/mol. The normalized spacial score (nSPS) is 13.4. The molecule has 2 aromatic carbocycles. The number of carbonyl (C=O) groups is 1. The highest BCUT2D eigenvalue weighted by Gasteiger charge is 2.21. The van der Waals surface area contributed by atoms with Crippen LogP contribution in [0.5, 0.6) is 5.75 Å². The topological polar surface area (TPSA) is 64.4 Å². The molecule has 0 spiro atoms. The molecule has 0 aliphatic heterocycles. The van der Waals surface area contributed by atoms with E-state index in [9.17, 15) is 4.79 Å². The highest BCUT2D eigenvalue weighted by atomic mass is 16.5. The largest absolute Gasteiger partial charge is 0.493 e. The second kappa shape index (κ2) is 7.44. The maximum Gasteiger partial charge on any atom is 0.251 e. The van der Waals surface area contributed by atoms with Gasteiger partial charge in [-0.2, -0.15) is 0 Å². The Kier molecular flexibility index (Phi) is 4.69. The van der Waals surface area contributed by atoms with Gasteiger partial charge in [-0.1, -0.05) is 30.3 Å². The van der Waals surface area contributed by atoms with E-state index >= 15 is 0 Å². The first kappa shape index (κ1) is 16.4. The van der Waals surface area contributed by atoms with Gasteiger partial charge in [-0.25, -0.2) is 4.98 Å². The van der Waals surface area contributed by atoms with Crippen LogP contribution in [0.25, 0.3) is 11.3 Å². The molecule has 3 aromatic rings. The smallest absolute Gasteiger partial charge is 0.251 e. The number of nitrogens with one attached hydrogen (secondary N) is 1. The number of nitrogens with zero attached hydrogens (tertiary/aromatic N) is 1. The van der Waals surface area contributed by atoms with Crippen LogP contribution in [-0.4, -0.2) is 17.5 Å². The van der Waals surface area contributed by atoms with Crippen molar-refractivity contribution < 1.29 is 13.9 Å². The molecule has 4 rings (SSSR count). The number of hydrogen-bond acceptors (Lipinski definition) is 4. The Balaban J connectivity index is 1.31. The first-order valence-corrected chi connectivity index (χ1v) is 8.79. The summed E-state index contributed by atoms with van der Waals surface area (Å²) >= 11 is 0. The van der Waals surface area contributed by atoms with Crippen molar-refractivity contribution >= 4 is 5.91 Å². The van der Waals surface area contributed by atoms with Crippen molar-refractivity contribution in [3.05, 3.63) is 72.2 Å². The van der Waals surface area contributed by atoms with Crippen LogP contribution < -0.4 is 10.1 Å². The molecule has 1 aliphatic carbocycles. The van der Waals surface area contributed by atoms with Crippen LogP contribution in [0.15, 0.2) is 65.2 Å². The summed E-state index contributed by atoms with van der Waals surface area (Å²) in [6, 6.07) is 16.9. The Morgan fingerprint density at radius 3 is 2.62 bits per heavy atom. The van der Waals surface area contributed by atoms with Crippen molar-refractivity contribution in [1.29, 1.82) is 0 Å². The maximum atomic E-state index is 12.3. The Morgan fingerprint density at radius 2 is 1.88 bits per heavy atom. The molecule has 26 heavy (non-hydrogen) atoms. The lowest BCUT2D eigenvalue weighted by atomic mass is 10.2. The number of rotatable bonds is 7. The van der Waals surface area contributed by atoms with Crippen LogP contribution in [-0.2, 0) is 6.54 Å². The number of oxazole rings is 1. The van der Waals surface area contributed by atoms with Gasteiger partial charge < -0.3 is 14.5 Å². The first-order valence-electron chi connectivity index (χ1n) is 8.79. The van der Waals surface area contributed by atoms with Crippen LogP contribution in [0.4, 0.5) is 0 Å². The number of amides is 1. The zero-order chi connectivity index (χ0) is 17.8. The molecule has 0 radical (unpaired) electrons. The minimum Gasteiger partial charge on any atom is -0.493 e. The summed E-state index contributed by atoms with van der Waals surface area (Å²) < 4.78 is 11.4. The molecule has 0 bridgehead atoms. The molecule has 1 saturated carbocycles. The Hall–Kier alpha value is -3.08. The molecule has 1 aromatic heterocycles. The molecule has 0 atom stereocenters. The van der Waals surface area contributed by atoms with E-state index in [1.165, 1.54) is 12.8 Å². The minimum atomic E-state index is -0.168. The fourth-order valence-corrected chi connectivity index (χ4v) is 2.59. The van der Waals surface area contributed by atoms with E-state index in [0.717, 1.165) is 17.9 Å². The average Bonchev–Trinajstić information content (AvgIpc) is 3.41. The summed E-state index contributed by atoms with van der Waals surface area (Å²) in [6.45, 7) is 1.01. The van der Waals surface area contributed by atoms with Crippen molar-refractivity contribution in [1.82, 2.24) is 10.3 Å². The SMILES string of the molecule is O=C(NCc1ncc(-c2ccccc2)o1)c1ccc(OCC2CC2)cc1. The number of ether oxygens (including phenoxy) is 1. The Morgan fingerprint density at radius 1 is 1.12 bits per heavy atom. The lowest BCUT2D eigenvalue weighted by Gasteiger charge is -2.06. The monoisotopic (exact) mass is 348 g/mol. The molecule has 5 nitrogen and oxygen atoms in total. The highest BCUT2D eigenvalue weighted by molar-refractivity contribution is 5.94. The summed E-state index contributed by atoms with van der Waals surface area (Å²) in [5.41, 5.74) is 1.54. The Bertz CT molecular complexity index is 868. The lowest BCUT2D eigenvalue weighted by molar-refractivity contribution is 0.0947. The quantitative estimate of drug-likeness (QED) is 0.699. The van der Waals surface area contributed by atoms with E-state index < -0.39 is 0 Å². The summed E-state index contributed by atoms with van der Waals surface area (Å²) in [7, 11) is 0. The third-order valence-corrected chi connectivity index (χ3v) is 4.31. The number of aromatic nitrogens is 1. The van der Waals surface area contributed by atoms with E-state index in [1.54, 1.807) is 18.3 Å². The van der Waals surface area contributed by atoms with Gasteiger partial charge >= 0.3 is 0 Å². The number of carbonyl (C=O) groups excluding carboxylic acids is 1. The molecule has 1 heterocycles. The van der Waals surface area contributed by atoms with Gasteiger partial charge in [-0.15, -0.1) is 0 Å². The molecule has 0 saturated heterocycles. The Labute approximate surface area is 152 Å². The summed E-state index contributed by atoms with van der Waals surface area (Å²) in [5.74, 6) is 2.50. The van der Waals surface area contributed by atoms with Gasteiger partial charge in [0.2, 0.25) is 5.89 Å². The van der Waals surface area contributed by atoms with Crippen molar-refractivity contribution in [3.63, 3.8) is 0 Å². The average molecular weight is 348 g/mol. The van der Waals surface area contributed by atoms with Crippen molar-refractivity contribution in [2.45, 2.75) is 19.4 Å². The maximum absolute atomic E-state index is 12.3. The third-order valence-electron chi connectivity index (χ3n) is 4.31. The van der Waals surface area contributed by atoms with Gasteiger partial charge in [0.1, 0.15) is 5.75 Å². The van der Waals surface area contributed by atoms with E-state index in [-0.39, 0.29) is 12.5 Å². The van der Waals surface area contributed by atoms with Gasteiger partial charge in [-0.05, 0) is 43.0 Å². The van der Waals surface area contributed by atoms with E-state index in [4.69, 9.17) is 9.15 Å². The van der Waals surface area contributed by atoms with Gasteiger partial charge in [0.25, 0.3) is 5.91 Å². The fourth-order valence-electron chi connectivity index (χ4n) is 2.59. The van der Waals surface area contributed by atoms with Gasteiger partial charge in [0.15, 0.2) is 5.76 Å². The van der Waals surface area contributed by atoms with Crippen LogP contribution in [0.3, 0.4) is 0 Å². The molecule has 1 amide bonds. The molecular formula is C21H20N2O3. The second-order valence-corrected chi connectivity index (χ2v) is 6.45. The first-order chi connectivity index (χ1) is 12.8. The van der Waals surface area contributed by atoms with Crippen LogP contribution in [0.2, 0.25) is 0 Å². The molecule has 5 heteroatoms. The van der Waals surface area contributed by atoms with Gasteiger partial charge in [-0.3, -0.25) is 4.79 Å². The summed E-state index contributed by atoms with van der Waals surface area (Å²) in [4.78, 5) is 16.5. The van der Waals surface area contributed by atoms with E-state index in [2.05, 4.69) is 10.3 Å². The number of hydrogen-bond donors (Lipinski definition) is 1. The fraction of sp³-hybridized carbons (Fsp3) is 0.238. The van der Waals surface area contributed by atoms with Gasteiger partial charge in [0.05, 0.1) is 19.3 Å². The third kappa shape index (κ3) is 4.11. The second-order valence-electron chi connectivity index (χ2n) is 6.45. The van der Waals surface area contributed by atoms with Gasteiger partial charge in [0, 0.05) is 11.1 Å². The molecule has 1 fully saturated rings. The van der Waals surface area contributed by atoms with Crippen molar-refractivity contribution in [2.75, 3.05) is 6.61 Å². The standard InChI is InChI=1S/C21H20N2O3/c24-21(17-8-10-18(11-9-17)25-14-15-6-7-15)23-13-20-22-12-19(26-20)16-4-2-1-3-5-16/h1-5,8-12,15H,6-7,13-14H2,(H,23,24). The van der Waals surface area contributed by atoms with E-state index in [1.807, 2.05) is 42.5 Å².